The summed E-state index contributed by atoms with van der Waals surface area (Å²) in [5, 5.41) is 38.9. The Hall–Kier alpha value is -2.40. The van der Waals surface area contributed by atoms with Crippen molar-refractivity contribution in [2.24, 2.45) is 5.73 Å². The van der Waals surface area contributed by atoms with Crippen LogP contribution in [0.1, 0.15) is 41.0 Å². The molecule has 0 bridgehead atoms. The van der Waals surface area contributed by atoms with Crippen LogP contribution in [0.25, 0.3) is 0 Å². The highest BCUT2D eigenvalue weighted by Gasteiger charge is 2.26. The molecule has 0 saturated carbocycles. The van der Waals surface area contributed by atoms with Crippen LogP contribution < -0.4 is 5.73 Å². The van der Waals surface area contributed by atoms with Crippen molar-refractivity contribution in [3.8, 4) is 23.0 Å². The molecule has 5 heteroatoms. The van der Waals surface area contributed by atoms with Gasteiger partial charge >= 0.3 is 0 Å². The van der Waals surface area contributed by atoms with Gasteiger partial charge in [0.05, 0.1) is 0 Å². The van der Waals surface area contributed by atoms with E-state index in [4.69, 9.17) is 5.73 Å². The van der Waals surface area contributed by atoms with E-state index in [1.165, 1.54) is 6.07 Å². The third kappa shape index (κ3) is 2.33. The Bertz CT molecular complexity index is 727. The van der Waals surface area contributed by atoms with E-state index >= 15 is 0 Å². The van der Waals surface area contributed by atoms with E-state index in [1.807, 2.05) is 0 Å². The topological polar surface area (TPSA) is 107 Å². The summed E-state index contributed by atoms with van der Waals surface area (Å²) in [6.45, 7) is 0.249. The predicted octanol–water partition coefficient (Wildman–Crippen LogP) is 2.44. The van der Waals surface area contributed by atoms with Gasteiger partial charge in [0.25, 0.3) is 0 Å². The van der Waals surface area contributed by atoms with E-state index in [0.717, 1.165) is 41.5 Å². The van der Waals surface area contributed by atoms with Crippen LogP contribution >= 0.6 is 0 Å². The maximum absolute atomic E-state index is 9.82. The Morgan fingerprint density at radius 3 is 2.14 bits per heavy atom. The fourth-order valence-electron chi connectivity index (χ4n) is 3.29. The average molecular weight is 301 g/mol. The van der Waals surface area contributed by atoms with Gasteiger partial charge in [0.2, 0.25) is 0 Å². The van der Waals surface area contributed by atoms with Gasteiger partial charge in [-0.3, -0.25) is 0 Å². The van der Waals surface area contributed by atoms with Gasteiger partial charge < -0.3 is 26.2 Å². The van der Waals surface area contributed by atoms with Crippen LogP contribution in [0.5, 0.6) is 23.0 Å². The first-order valence-electron chi connectivity index (χ1n) is 7.30. The minimum atomic E-state index is -0.186. The minimum absolute atomic E-state index is 0.0275. The molecular formula is C17H19NO4. The molecule has 22 heavy (non-hydrogen) atoms. The number of phenols is 4. The molecule has 0 fully saturated rings. The van der Waals surface area contributed by atoms with Crippen molar-refractivity contribution in [3.05, 3.63) is 46.5 Å². The maximum atomic E-state index is 9.82. The molecule has 116 valence electrons. The molecule has 0 radical (unpaired) electrons. The average Bonchev–Trinajstić information content (AvgIpc) is 2.50. The first-order chi connectivity index (χ1) is 10.5. The van der Waals surface area contributed by atoms with Crippen molar-refractivity contribution in [2.45, 2.75) is 31.7 Å². The van der Waals surface area contributed by atoms with Gasteiger partial charge in [-0.15, -0.1) is 0 Å². The molecule has 0 heterocycles. The largest absolute Gasteiger partial charge is 0.504 e. The summed E-state index contributed by atoms with van der Waals surface area (Å²) >= 11 is 0. The van der Waals surface area contributed by atoms with E-state index in [1.54, 1.807) is 18.2 Å². The lowest BCUT2D eigenvalue weighted by Crippen LogP contribution is -2.14. The van der Waals surface area contributed by atoms with Crippen LogP contribution in [0.15, 0.2) is 24.3 Å². The number of phenolic OH excluding ortho intramolecular Hbond substituents is 4. The molecule has 0 saturated heterocycles. The first-order valence-corrected chi connectivity index (χ1v) is 7.30. The van der Waals surface area contributed by atoms with Gasteiger partial charge in [0.15, 0.2) is 23.0 Å². The monoisotopic (exact) mass is 301 g/mol. The van der Waals surface area contributed by atoms with Crippen LogP contribution in [-0.4, -0.2) is 20.4 Å². The van der Waals surface area contributed by atoms with Crippen LogP contribution in [-0.2, 0) is 13.0 Å². The number of aryl methyl sites for hydroxylation is 1. The van der Waals surface area contributed by atoms with E-state index in [-0.39, 0.29) is 35.5 Å². The van der Waals surface area contributed by atoms with Crippen molar-refractivity contribution < 1.29 is 20.4 Å². The summed E-state index contributed by atoms with van der Waals surface area (Å²) in [5.41, 5.74) is 9.30. The minimum Gasteiger partial charge on any atom is -0.504 e. The van der Waals surface area contributed by atoms with Crippen molar-refractivity contribution >= 4 is 0 Å². The van der Waals surface area contributed by atoms with E-state index in [0.29, 0.717) is 0 Å². The lowest BCUT2D eigenvalue weighted by atomic mass is 9.77. The Morgan fingerprint density at radius 2 is 1.45 bits per heavy atom. The Labute approximate surface area is 128 Å². The standard InChI is InChI=1S/C17H19NO4/c18-8-10-5-15(20)17(22)7-13(10)11-3-1-2-9-4-14(19)16(21)6-12(9)11/h4-7,11,19-22H,1-3,8,18H2. The van der Waals surface area contributed by atoms with Crippen molar-refractivity contribution in [2.75, 3.05) is 0 Å². The zero-order chi connectivity index (χ0) is 15.9. The molecule has 3 rings (SSSR count). The normalized spacial score (nSPS) is 17.2. The molecule has 6 N–H and O–H groups in total. The van der Waals surface area contributed by atoms with Crippen LogP contribution in [0.2, 0.25) is 0 Å². The van der Waals surface area contributed by atoms with E-state index in [2.05, 4.69) is 0 Å². The van der Waals surface area contributed by atoms with Gasteiger partial charge in [-0.25, -0.2) is 0 Å². The molecule has 1 aliphatic carbocycles. The molecule has 1 atom stereocenters. The highest BCUT2D eigenvalue weighted by Crippen LogP contribution is 2.44. The second kappa shape index (κ2) is 5.42. The van der Waals surface area contributed by atoms with Crippen LogP contribution in [0.4, 0.5) is 0 Å². The van der Waals surface area contributed by atoms with Crippen molar-refractivity contribution in [1.29, 1.82) is 0 Å². The van der Waals surface area contributed by atoms with Gasteiger partial charge in [-0.1, -0.05) is 0 Å². The molecule has 2 aromatic carbocycles. The molecular weight excluding hydrogens is 282 g/mol. The molecule has 0 amide bonds. The number of nitrogens with two attached hydrogens (primary N) is 1. The summed E-state index contributed by atoms with van der Waals surface area (Å²) in [4.78, 5) is 0. The molecule has 2 aromatic rings. The molecule has 1 aliphatic rings. The summed E-state index contributed by atoms with van der Waals surface area (Å²) in [6.07, 6.45) is 2.63. The lowest BCUT2D eigenvalue weighted by molar-refractivity contribution is 0.399. The summed E-state index contributed by atoms with van der Waals surface area (Å²) in [5.74, 6) is -0.661. The second-order valence-electron chi connectivity index (χ2n) is 5.73. The van der Waals surface area contributed by atoms with Gasteiger partial charge in [-0.2, -0.15) is 0 Å². The summed E-state index contributed by atoms with van der Waals surface area (Å²) in [6, 6.07) is 6.21. The fraction of sp³-hybridized carbons (Fsp3) is 0.294. The molecule has 0 aromatic heterocycles. The molecule has 5 nitrogen and oxygen atoms in total. The second-order valence-corrected chi connectivity index (χ2v) is 5.73. The molecule has 1 unspecified atom stereocenters. The van der Waals surface area contributed by atoms with Crippen molar-refractivity contribution in [1.82, 2.24) is 0 Å². The molecule has 0 aliphatic heterocycles. The predicted molar refractivity (Wildman–Crippen MR) is 82.2 cm³/mol. The van der Waals surface area contributed by atoms with Crippen LogP contribution in [0.3, 0.4) is 0 Å². The number of rotatable bonds is 2. The Balaban J connectivity index is 2.16. The smallest absolute Gasteiger partial charge is 0.157 e. The third-order valence-electron chi connectivity index (χ3n) is 4.38. The first kappa shape index (κ1) is 14.5. The molecule has 0 spiro atoms. The maximum Gasteiger partial charge on any atom is 0.157 e. The SMILES string of the molecule is NCc1cc(O)c(O)cc1C1CCCc2cc(O)c(O)cc21. The zero-order valence-corrected chi connectivity index (χ0v) is 12.1. The highest BCUT2D eigenvalue weighted by atomic mass is 16.3. The van der Waals surface area contributed by atoms with Crippen molar-refractivity contribution in [3.63, 3.8) is 0 Å². The van der Waals surface area contributed by atoms with Gasteiger partial charge in [-0.05, 0) is 65.8 Å². The number of fused-ring (bicyclic) bond motifs is 1. The third-order valence-corrected chi connectivity index (χ3v) is 4.38. The van der Waals surface area contributed by atoms with E-state index < -0.39 is 0 Å². The fourth-order valence-corrected chi connectivity index (χ4v) is 3.29. The number of benzene rings is 2. The number of hydrogen-bond donors (Lipinski definition) is 5. The summed E-state index contributed by atoms with van der Waals surface area (Å²) < 4.78 is 0. The Kier molecular flexibility index (Phi) is 3.58. The summed E-state index contributed by atoms with van der Waals surface area (Å²) in [7, 11) is 0. The Morgan fingerprint density at radius 1 is 0.864 bits per heavy atom. The van der Waals surface area contributed by atoms with E-state index in [9.17, 15) is 20.4 Å². The van der Waals surface area contributed by atoms with Gasteiger partial charge in [0, 0.05) is 12.5 Å². The number of aromatic hydroxyl groups is 4. The quantitative estimate of drug-likeness (QED) is 0.548. The lowest BCUT2D eigenvalue weighted by Gasteiger charge is -2.28. The number of hydrogen-bond acceptors (Lipinski definition) is 5. The zero-order valence-electron chi connectivity index (χ0n) is 12.1. The van der Waals surface area contributed by atoms with Gasteiger partial charge in [0.1, 0.15) is 0 Å². The highest BCUT2D eigenvalue weighted by molar-refractivity contribution is 5.54. The van der Waals surface area contributed by atoms with Crippen LogP contribution in [0, 0.1) is 0 Å².